The SMILES string of the molecule is CCCC1CCCCCCCCCCC(C2CCCC(CC)C2)CCC1. The van der Waals surface area contributed by atoms with E-state index in [1.54, 1.807) is 25.7 Å². The summed E-state index contributed by atoms with van der Waals surface area (Å²) < 4.78 is 0. The maximum Gasteiger partial charge on any atom is -0.0383 e. The topological polar surface area (TPSA) is 0 Å². The summed E-state index contributed by atoms with van der Waals surface area (Å²) in [7, 11) is 0. The predicted molar refractivity (Wildman–Crippen MR) is 118 cm³/mol. The maximum absolute atomic E-state index is 2.43. The van der Waals surface area contributed by atoms with Crippen molar-refractivity contribution in [1.82, 2.24) is 0 Å². The summed E-state index contributed by atoms with van der Waals surface area (Å²) in [6.45, 7) is 4.82. The highest BCUT2D eigenvalue weighted by Crippen LogP contribution is 2.40. The third-order valence-electron chi connectivity index (χ3n) is 7.89. The number of hydrogen-bond acceptors (Lipinski definition) is 0. The van der Waals surface area contributed by atoms with Gasteiger partial charge in [0.25, 0.3) is 0 Å². The van der Waals surface area contributed by atoms with Crippen molar-refractivity contribution in [3.63, 3.8) is 0 Å². The van der Waals surface area contributed by atoms with Crippen LogP contribution in [0.4, 0.5) is 0 Å². The highest BCUT2D eigenvalue weighted by atomic mass is 14.3. The van der Waals surface area contributed by atoms with Crippen LogP contribution in [0.5, 0.6) is 0 Å². The first-order chi connectivity index (χ1) is 12.8. The molecule has 2 aliphatic carbocycles. The summed E-state index contributed by atoms with van der Waals surface area (Å²) in [5.41, 5.74) is 0. The molecule has 0 radical (unpaired) electrons. The van der Waals surface area contributed by atoms with Gasteiger partial charge in [-0.2, -0.15) is 0 Å². The largest absolute Gasteiger partial charge is 0.0654 e. The maximum atomic E-state index is 2.43. The van der Waals surface area contributed by atoms with Crippen LogP contribution in [0.1, 0.15) is 142 Å². The molecule has 0 heteroatoms. The lowest BCUT2D eigenvalue weighted by atomic mass is 9.71. The van der Waals surface area contributed by atoms with Gasteiger partial charge in [0.2, 0.25) is 0 Å². The Kier molecular flexibility index (Phi) is 12.1. The van der Waals surface area contributed by atoms with Gasteiger partial charge < -0.3 is 0 Å². The van der Waals surface area contributed by atoms with Gasteiger partial charge in [0.1, 0.15) is 0 Å². The Labute approximate surface area is 166 Å². The van der Waals surface area contributed by atoms with Crippen LogP contribution < -0.4 is 0 Å². The molecule has 0 saturated heterocycles. The van der Waals surface area contributed by atoms with Gasteiger partial charge >= 0.3 is 0 Å². The minimum atomic E-state index is 1.04. The molecule has 2 fully saturated rings. The number of hydrogen-bond donors (Lipinski definition) is 0. The third kappa shape index (κ3) is 8.79. The minimum Gasteiger partial charge on any atom is -0.0654 e. The summed E-state index contributed by atoms with van der Waals surface area (Å²) in [6.07, 6.45) is 30.3. The van der Waals surface area contributed by atoms with E-state index in [4.69, 9.17) is 0 Å². The molecule has 0 aliphatic heterocycles. The van der Waals surface area contributed by atoms with Crippen LogP contribution >= 0.6 is 0 Å². The predicted octanol–water partition coefficient (Wildman–Crippen LogP) is 9.32. The Hall–Kier alpha value is 0. The van der Waals surface area contributed by atoms with Gasteiger partial charge in [-0.15, -0.1) is 0 Å². The van der Waals surface area contributed by atoms with Crippen LogP contribution in [0.15, 0.2) is 0 Å². The quantitative estimate of drug-likeness (QED) is 0.467. The average molecular weight is 363 g/mol. The molecular weight excluding hydrogens is 312 g/mol. The van der Waals surface area contributed by atoms with E-state index in [2.05, 4.69) is 13.8 Å². The molecule has 0 aromatic rings. The zero-order chi connectivity index (χ0) is 18.5. The lowest BCUT2D eigenvalue weighted by Gasteiger charge is -2.35. The molecule has 4 unspecified atom stereocenters. The highest BCUT2D eigenvalue weighted by Gasteiger charge is 2.27. The molecule has 154 valence electrons. The molecule has 0 aromatic carbocycles. The first-order valence-corrected chi connectivity index (χ1v) is 12.8. The van der Waals surface area contributed by atoms with Crippen LogP contribution in [0.25, 0.3) is 0 Å². The van der Waals surface area contributed by atoms with E-state index in [0.29, 0.717) is 0 Å². The van der Waals surface area contributed by atoms with E-state index in [-0.39, 0.29) is 0 Å². The zero-order valence-corrected chi connectivity index (χ0v) is 18.5. The molecule has 2 rings (SSSR count). The average Bonchev–Trinajstić information content (AvgIpc) is 2.68. The van der Waals surface area contributed by atoms with E-state index in [0.717, 1.165) is 23.7 Å². The summed E-state index contributed by atoms with van der Waals surface area (Å²) in [5.74, 6) is 4.24. The Morgan fingerprint density at radius 3 is 1.65 bits per heavy atom. The van der Waals surface area contributed by atoms with E-state index in [1.807, 2.05) is 0 Å². The van der Waals surface area contributed by atoms with Crippen LogP contribution in [0.3, 0.4) is 0 Å². The standard InChI is InChI=1S/C26H50/c1-3-15-24-16-11-9-7-5-6-8-10-12-19-25(20-14-18-24)26-21-13-17-23(4-2)22-26/h23-26H,3-22H2,1-2H3. The third-order valence-corrected chi connectivity index (χ3v) is 7.89. The molecule has 2 saturated carbocycles. The molecule has 0 bridgehead atoms. The van der Waals surface area contributed by atoms with E-state index in [1.165, 1.54) is 103 Å². The second-order valence-electron chi connectivity index (χ2n) is 9.95. The van der Waals surface area contributed by atoms with Crippen molar-refractivity contribution < 1.29 is 0 Å². The first-order valence-electron chi connectivity index (χ1n) is 12.8. The van der Waals surface area contributed by atoms with Crippen molar-refractivity contribution in [3.8, 4) is 0 Å². The molecule has 26 heavy (non-hydrogen) atoms. The smallest absolute Gasteiger partial charge is 0.0383 e. The Morgan fingerprint density at radius 1 is 0.500 bits per heavy atom. The lowest BCUT2D eigenvalue weighted by Crippen LogP contribution is -2.23. The molecule has 2 aliphatic rings. The molecule has 0 spiro atoms. The van der Waals surface area contributed by atoms with E-state index < -0.39 is 0 Å². The Balaban J connectivity index is 1.87. The molecule has 0 nitrogen and oxygen atoms in total. The highest BCUT2D eigenvalue weighted by molar-refractivity contribution is 4.79. The molecule has 0 N–H and O–H groups in total. The molecule has 4 atom stereocenters. The van der Waals surface area contributed by atoms with Crippen molar-refractivity contribution in [2.45, 2.75) is 142 Å². The molecule has 0 heterocycles. The van der Waals surface area contributed by atoms with Crippen molar-refractivity contribution >= 4 is 0 Å². The Morgan fingerprint density at radius 2 is 1.00 bits per heavy atom. The summed E-state index contributed by atoms with van der Waals surface area (Å²) in [5, 5.41) is 0. The van der Waals surface area contributed by atoms with E-state index >= 15 is 0 Å². The van der Waals surface area contributed by atoms with E-state index in [9.17, 15) is 0 Å². The van der Waals surface area contributed by atoms with Gasteiger partial charge in [-0.05, 0) is 30.1 Å². The van der Waals surface area contributed by atoms with Gasteiger partial charge in [0, 0.05) is 0 Å². The lowest BCUT2D eigenvalue weighted by molar-refractivity contribution is 0.168. The fourth-order valence-corrected chi connectivity index (χ4v) is 6.16. The molecule has 0 aromatic heterocycles. The van der Waals surface area contributed by atoms with Crippen LogP contribution in [-0.4, -0.2) is 0 Å². The van der Waals surface area contributed by atoms with Crippen LogP contribution in [0, 0.1) is 23.7 Å². The first kappa shape index (κ1) is 22.3. The van der Waals surface area contributed by atoms with Crippen LogP contribution in [-0.2, 0) is 0 Å². The van der Waals surface area contributed by atoms with Crippen molar-refractivity contribution in [3.05, 3.63) is 0 Å². The fourth-order valence-electron chi connectivity index (χ4n) is 6.16. The number of rotatable bonds is 4. The minimum absolute atomic E-state index is 1.04. The monoisotopic (exact) mass is 362 g/mol. The molecular formula is C26H50. The second-order valence-corrected chi connectivity index (χ2v) is 9.95. The van der Waals surface area contributed by atoms with Gasteiger partial charge in [-0.1, -0.05) is 136 Å². The van der Waals surface area contributed by atoms with Gasteiger partial charge in [-0.25, -0.2) is 0 Å². The summed E-state index contributed by atoms with van der Waals surface area (Å²) in [4.78, 5) is 0. The molecule has 0 amide bonds. The van der Waals surface area contributed by atoms with Gasteiger partial charge in [0.15, 0.2) is 0 Å². The van der Waals surface area contributed by atoms with Crippen molar-refractivity contribution in [2.75, 3.05) is 0 Å². The normalized spacial score (nSPS) is 33.9. The van der Waals surface area contributed by atoms with Gasteiger partial charge in [0.05, 0.1) is 0 Å². The van der Waals surface area contributed by atoms with Crippen molar-refractivity contribution in [1.29, 1.82) is 0 Å². The summed E-state index contributed by atoms with van der Waals surface area (Å²) >= 11 is 0. The van der Waals surface area contributed by atoms with Crippen molar-refractivity contribution in [2.24, 2.45) is 23.7 Å². The summed E-state index contributed by atoms with van der Waals surface area (Å²) in [6, 6.07) is 0. The second kappa shape index (κ2) is 14.1. The fraction of sp³-hybridized carbons (Fsp3) is 1.00. The van der Waals surface area contributed by atoms with Gasteiger partial charge in [-0.3, -0.25) is 0 Å². The Bertz CT molecular complexity index is 320. The van der Waals surface area contributed by atoms with Crippen LogP contribution in [0.2, 0.25) is 0 Å². The zero-order valence-electron chi connectivity index (χ0n) is 18.5.